The minimum absolute atomic E-state index is 0.180. The van der Waals surface area contributed by atoms with E-state index in [1.54, 1.807) is 0 Å². The third kappa shape index (κ3) is 1.84. The number of hydrogen-bond donors (Lipinski definition) is 2. The first kappa shape index (κ1) is 8.34. The average molecular weight is 152 g/mol. The Hall–Kier alpha value is -0.760. The lowest BCUT2D eigenvalue weighted by atomic mass is 9.95. The summed E-state index contributed by atoms with van der Waals surface area (Å²) < 4.78 is 0. The standard InChI is InChI=1S/C9H14NO/c1-7-3-2-4-8(5-6-11)9(7)10/h3-4,11H,2,5-6,10H2,1H3. The molecule has 1 aliphatic carbocycles. The Morgan fingerprint density at radius 3 is 3.00 bits per heavy atom. The maximum absolute atomic E-state index is 8.69. The molecule has 0 heterocycles. The Morgan fingerprint density at radius 2 is 2.36 bits per heavy atom. The predicted octanol–water partition coefficient (Wildman–Crippen LogP) is 1.14. The van der Waals surface area contributed by atoms with Gasteiger partial charge in [-0.05, 0) is 37.3 Å². The van der Waals surface area contributed by atoms with E-state index in [9.17, 15) is 0 Å². The maximum Gasteiger partial charge on any atom is 0.0469 e. The van der Waals surface area contributed by atoms with Crippen molar-refractivity contribution in [3.05, 3.63) is 29.3 Å². The largest absolute Gasteiger partial charge is 0.399 e. The topological polar surface area (TPSA) is 46.2 Å². The fraction of sp³-hybridized carbons (Fsp3) is 0.444. The van der Waals surface area contributed by atoms with Gasteiger partial charge in [0, 0.05) is 12.3 Å². The van der Waals surface area contributed by atoms with E-state index in [1.165, 1.54) is 0 Å². The van der Waals surface area contributed by atoms with Crippen LogP contribution >= 0.6 is 0 Å². The first-order valence-corrected chi connectivity index (χ1v) is 3.85. The van der Waals surface area contributed by atoms with Crippen LogP contribution in [-0.2, 0) is 0 Å². The van der Waals surface area contributed by atoms with Gasteiger partial charge in [-0.15, -0.1) is 0 Å². The van der Waals surface area contributed by atoms with Gasteiger partial charge >= 0.3 is 0 Å². The van der Waals surface area contributed by atoms with Crippen LogP contribution in [0.1, 0.15) is 19.8 Å². The van der Waals surface area contributed by atoms with Crippen LogP contribution in [0, 0.1) is 6.42 Å². The molecule has 0 aliphatic heterocycles. The number of allylic oxidation sites excluding steroid dienone is 2. The molecule has 0 unspecified atom stereocenters. The third-order valence-electron chi connectivity index (χ3n) is 1.94. The second-order valence-electron chi connectivity index (χ2n) is 2.74. The van der Waals surface area contributed by atoms with Gasteiger partial charge in [0.25, 0.3) is 0 Å². The molecule has 11 heavy (non-hydrogen) atoms. The summed E-state index contributed by atoms with van der Waals surface area (Å²) in [5, 5.41) is 8.69. The lowest BCUT2D eigenvalue weighted by Gasteiger charge is -2.15. The summed E-state index contributed by atoms with van der Waals surface area (Å²) >= 11 is 0. The smallest absolute Gasteiger partial charge is 0.0469 e. The molecular formula is C9H14NO. The summed E-state index contributed by atoms with van der Waals surface area (Å²) in [4.78, 5) is 0. The Bertz CT molecular complexity index is 204. The Balaban J connectivity index is 2.74. The summed E-state index contributed by atoms with van der Waals surface area (Å²) in [5.41, 5.74) is 8.84. The van der Waals surface area contributed by atoms with Crippen molar-refractivity contribution in [1.82, 2.24) is 0 Å². The molecule has 0 spiro atoms. The fourth-order valence-electron chi connectivity index (χ4n) is 1.21. The van der Waals surface area contributed by atoms with Crippen molar-refractivity contribution >= 4 is 0 Å². The quantitative estimate of drug-likeness (QED) is 0.623. The van der Waals surface area contributed by atoms with Crippen molar-refractivity contribution in [2.45, 2.75) is 19.8 Å². The number of aliphatic hydroxyl groups is 1. The molecule has 0 aromatic rings. The normalized spacial score (nSPS) is 18.5. The molecule has 0 aromatic heterocycles. The molecular weight excluding hydrogens is 138 g/mol. The Morgan fingerprint density at radius 1 is 1.64 bits per heavy atom. The highest BCUT2D eigenvalue weighted by Crippen LogP contribution is 2.22. The minimum atomic E-state index is 0.180. The molecule has 1 rings (SSSR count). The van der Waals surface area contributed by atoms with E-state index in [0.717, 1.165) is 23.3 Å². The van der Waals surface area contributed by atoms with Crippen molar-refractivity contribution in [2.24, 2.45) is 5.73 Å². The van der Waals surface area contributed by atoms with Crippen molar-refractivity contribution in [3.63, 3.8) is 0 Å². The zero-order valence-corrected chi connectivity index (χ0v) is 6.80. The first-order valence-electron chi connectivity index (χ1n) is 3.85. The lowest BCUT2D eigenvalue weighted by molar-refractivity contribution is 0.299. The van der Waals surface area contributed by atoms with Crippen LogP contribution < -0.4 is 5.73 Å². The van der Waals surface area contributed by atoms with Crippen molar-refractivity contribution < 1.29 is 5.11 Å². The van der Waals surface area contributed by atoms with Gasteiger partial charge in [0.2, 0.25) is 0 Å². The van der Waals surface area contributed by atoms with Gasteiger partial charge < -0.3 is 10.8 Å². The second-order valence-corrected chi connectivity index (χ2v) is 2.74. The van der Waals surface area contributed by atoms with Crippen LogP contribution in [0.25, 0.3) is 0 Å². The molecule has 2 heteroatoms. The van der Waals surface area contributed by atoms with E-state index in [4.69, 9.17) is 10.8 Å². The maximum atomic E-state index is 8.69. The average Bonchev–Trinajstić information content (AvgIpc) is 1.99. The molecule has 0 atom stereocenters. The molecule has 61 valence electrons. The van der Waals surface area contributed by atoms with E-state index in [2.05, 4.69) is 12.5 Å². The molecule has 0 fully saturated rings. The Kier molecular flexibility index (Phi) is 2.71. The van der Waals surface area contributed by atoms with Crippen LogP contribution in [0.3, 0.4) is 0 Å². The summed E-state index contributed by atoms with van der Waals surface area (Å²) in [7, 11) is 0. The van der Waals surface area contributed by atoms with Crippen LogP contribution in [-0.4, -0.2) is 11.7 Å². The molecule has 2 nitrogen and oxygen atoms in total. The van der Waals surface area contributed by atoms with Crippen molar-refractivity contribution in [1.29, 1.82) is 0 Å². The summed E-state index contributed by atoms with van der Waals surface area (Å²) in [6.07, 6.45) is 5.79. The zero-order chi connectivity index (χ0) is 8.27. The number of rotatable bonds is 2. The summed E-state index contributed by atoms with van der Waals surface area (Å²) in [6, 6.07) is 0. The highest BCUT2D eigenvalue weighted by Gasteiger charge is 2.08. The highest BCUT2D eigenvalue weighted by atomic mass is 16.2. The molecule has 3 N–H and O–H groups in total. The van der Waals surface area contributed by atoms with E-state index in [0.29, 0.717) is 6.42 Å². The first-order chi connectivity index (χ1) is 5.25. The zero-order valence-electron chi connectivity index (χ0n) is 6.80. The van der Waals surface area contributed by atoms with Gasteiger partial charge in [-0.1, -0.05) is 6.08 Å². The molecule has 0 saturated carbocycles. The molecule has 0 aromatic carbocycles. The fourth-order valence-corrected chi connectivity index (χ4v) is 1.21. The molecule has 1 aliphatic rings. The van der Waals surface area contributed by atoms with Crippen LogP contribution in [0.4, 0.5) is 0 Å². The van der Waals surface area contributed by atoms with E-state index in [-0.39, 0.29) is 6.61 Å². The molecule has 1 radical (unpaired) electrons. The molecule has 0 saturated heterocycles. The van der Waals surface area contributed by atoms with E-state index < -0.39 is 0 Å². The Labute approximate surface area is 67.4 Å². The van der Waals surface area contributed by atoms with Gasteiger partial charge in [-0.2, -0.15) is 0 Å². The van der Waals surface area contributed by atoms with Crippen LogP contribution in [0.5, 0.6) is 0 Å². The van der Waals surface area contributed by atoms with Crippen molar-refractivity contribution in [2.75, 3.05) is 6.61 Å². The minimum Gasteiger partial charge on any atom is -0.399 e. The SMILES string of the molecule is CC1=CC[CH]C(CCO)=C1N. The molecule has 0 amide bonds. The summed E-state index contributed by atoms with van der Waals surface area (Å²) in [6.45, 7) is 2.18. The van der Waals surface area contributed by atoms with E-state index >= 15 is 0 Å². The van der Waals surface area contributed by atoms with Gasteiger partial charge in [0.15, 0.2) is 0 Å². The van der Waals surface area contributed by atoms with Crippen LogP contribution in [0.15, 0.2) is 22.9 Å². The van der Waals surface area contributed by atoms with Gasteiger partial charge in [0.05, 0.1) is 0 Å². The number of hydrogen-bond acceptors (Lipinski definition) is 2. The molecule has 0 bridgehead atoms. The highest BCUT2D eigenvalue weighted by molar-refractivity contribution is 5.39. The number of aliphatic hydroxyl groups excluding tert-OH is 1. The number of nitrogens with two attached hydrogens (primary N) is 1. The second kappa shape index (κ2) is 3.58. The lowest BCUT2D eigenvalue weighted by Crippen LogP contribution is -2.09. The third-order valence-corrected chi connectivity index (χ3v) is 1.94. The monoisotopic (exact) mass is 152 g/mol. The van der Waals surface area contributed by atoms with Gasteiger partial charge in [0.1, 0.15) is 0 Å². The van der Waals surface area contributed by atoms with E-state index in [1.807, 2.05) is 6.92 Å². The summed E-state index contributed by atoms with van der Waals surface area (Å²) in [5.74, 6) is 0. The van der Waals surface area contributed by atoms with Crippen molar-refractivity contribution in [3.8, 4) is 0 Å². The van der Waals surface area contributed by atoms with Crippen LogP contribution in [0.2, 0.25) is 0 Å². The van der Waals surface area contributed by atoms with Gasteiger partial charge in [-0.3, -0.25) is 0 Å². The predicted molar refractivity (Wildman–Crippen MR) is 45.6 cm³/mol. The van der Waals surface area contributed by atoms with Gasteiger partial charge in [-0.25, -0.2) is 0 Å².